The summed E-state index contributed by atoms with van der Waals surface area (Å²) in [6.45, 7) is 13.0. The summed E-state index contributed by atoms with van der Waals surface area (Å²) < 4.78 is 25.6. The van der Waals surface area contributed by atoms with E-state index < -0.39 is 32.1 Å². The van der Waals surface area contributed by atoms with Crippen LogP contribution in [0, 0.1) is 17.3 Å². The zero-order valence-corrected chi connectivity index (χ0v) is 21.4. The lowest BCUT2D eigenvalue weighted by molar-refractivity contribution is -0.148. The van der Waals surface area contributed by atoms with E-state index >= 15 is 4.39 Å². The van der Waals surface area contributed by atoms with Crippen molar-refractivity contribution in [3.05, 3.63) is 41.2 Å². The molecule has 0 aromatic heterocycles. The molecule has 0 saturated heterocycles. The van der Waals surface area contributed by atoms with Gasteiger partial charge in [0.15, 0.2) is 6.79 Å². The predicted molar refractivity (Wildman–Crippen MR) is 131 cm³/mol. The Hall–Kier alpha value is -2.69. The Morgan fingerprint density at radius 3 is 2.18 bits per heavy atom. The van der Waals surface area contributed by atoms with Crippen molar-refractivity contribution in [3.8, 4) is 17.2 Å². The Bertz CT molecular complexity index is 1070. The van der Waals surface area contributed by atoms with Gasteiger partial charge in [0, 0.05) is 18.9 Å². The van der Waals surface area contributed by atoms with Gasteiger partial charge in [0.05, 0.1) is 5.56 Å². The van der Waals surface area contributed by atoms with E-state index in [-0.39, 0.29) is 12.4 Å². The summed E-state index contributed by atoms with van der Waals surface area (Å²) in [5.41, 5.74) is 5.18. The van der Waals surface area contributed by atoms with Gasteiger partial charge in [-0.05, 0) is 45.8 Å². The zero-order valence-electron chi connectivity index (χ0n) is 20.4. The summed E-state index contributed by atoms with van der Waals surface area (Å²) in [6.07, 6.45) is -0.394. The molecule has 7 heteroatoms. The second-order valence-corrected chi connectivity index (χ2v) is 14.8. The number of methoxy groups -OCH3 is 1. The predicted octanol–water partition coefficient (Wildman–Crippen LogP) is 5.73. The van der Waals surface area contributed by atoms with Crippen molar-refractivity contribution in [2.45, 2.75) is 64.6 Å². The molecule has 33 heavy (non-hydrogen) atoms. The number of hydrogen-bond donors (Lipinski definition) is 1. The summed E-state index contributed by atoms with van der Waals surface area (Å²) in [6, 6.07) is 6.21. The zero-order chi connectivity index (χ0) is 24.9. The first kappa shape index (κ1) is 26.6. The Balaban J connectivity index is 2.83. The van der Waals surface area contributed by atoms with Crippen LogP contribution in [0.25, 0.3) is 10.8 Å². The minimum absolute atomic E-state index is 0.0169. The first-order valence-electron chi connectivity index (χ1n) is 11.1. The van der Waals surface area contributed by atoms with Crippen LogP contribution in [0.1, 0.15) is 52.7 Å². The average Bonchev–Trinajstić information content (AvgIpc) is 2.73. The molecular formula is C26H33FO5Si. The molecule has 5 nitrogen and oxygen atoms in total. The third-order valence-electron chi connectivity index (χ3n) is 6.33. The smallest absolute Gasteiger partial charge is 0.372 e. The Morgan fingerprint density at radius 1 is 1.06 bits per heavy atom. The van der Waals surface area contributed by atoms with Crippen LogP contribution in [-0.2, 0) is 20.7 Å². The van der Waals surface area contributed by atoms with Crippen LogP contribution in [0.5, 0.6) is 5.75 Å². The van der Waals surface area contributed by atoms with Crippen molar-refractivity contribution >= 4 is 30.6 Å². The highest BCUT2D eigenvalue weighted by atomic mass is 28.3. The third-order valence-corrected chi connectivity index (χ3v) is 12.6. The summed E-state index contributed by atoms with van der Waals surface area (Å²) >= 11 is 0. The average molecular weight is 473 g/mol. The maximum Gasteiger partial charge on any atom is 0.372 e. The van der Waals surface area contributed by atoms with Gasteiger partial charge in [-0.3, -0.25) is 4.79 Å². The van der Waals surface area contributed by atoms with E-state index in [9.17, 15) is 9.59 Å². The Kier molecular flexibility index (Phi) is 8.81. The van der Waals surface area contributed by atoms with Gasteiger partial charge >= 0.3 is 5.97 Å². The summed E-state index contributed by atoms with van der Waals surface area (Å²) in [5, 5.41) is 10.2. The first-order chi connectivity index (χ1) is 15.4. The largest absolute Gasteiger partial charge is 0.475 e. The van der Waals surface area contributed by atoms with E-state index in [1.807, 2.05) is 0 Å². The van der Waals surface area contributed by atoms with Crippen LogP contribution in [0.15, 0.2) is 24.3 Å². The monoisotopic (exact) mass is 472 g/mol. The molecule has 0 spiro atoms. The highest BCUT2D eigenvalue weighted by Gasteiger charge is 2.41. The molecule has 2 aromatic carbocycles. The Labute approximate surface area is 196 Å². The maximum absolute atomic E-state index is 15.1. The molecule has 2 rings (SSSR count). The molecule has 0 aliphatic carbocycles. The number of halogens is 1. The number of carbonyl (C=O) groups excluding carboxylic acids is 1. The van der Waals surface area contributed by atoms with Gasteiger partial charge < -0.3 is 14.6 Å². The number of ether oxygens (including phenoxy) is 2. The SMILES string of the molecule is COCOc1cc(CC(=O)C(=O)O)c2c(C#C[Si](C(C)C)(C(C)C)C(C)C)c(F)ccc2c1. The van der Waals surface area contributed by atoms with Crippen molar-refractivity contribution in [1.29, 1.82) is 0 Å². The fraction of sp³-hybridized carbons (Fsp3) is 0.462. The fourth-order valence-electron chi connectivity index (χ4n) is 4.82. The number of carbonyl (C=O) groups is 2. The van der Waals surface area contributed by atoms with Crippen molar-refractivity contribution in [2.75, 3.05) is 13.9 Å². The lowest BCUT2D eigenvalue weighted by Gasteiger charge is -2.38. The number of fused-ring (bicyclic) bond motifs is 1. The number of carboxylic acid groups (broad SMARTS) is 1. The molecule has 2 aromatic rings. The molecule has 0 atom stereocenters. The minimum Gasteiger partial charge on any atom is -0.475 e. The Morgan fingerprint density at radius 2 is 1.67 bits per heavy atom. The maximum atomic E-state index is 15.1. The number of aliphatic carboxylic acids is 1. The molecule has 0 fully saturated rings. The van der Waals surface area contributed by atoms with Crippen LogP contribution in [-0.4, -0.2) is 38.8 Å². The molecule has 1 N–H and O–H groups in total. The normalized spacial score (nSPS) is 11.7. The number of hydrogen-bond acceptors (Lipinski definition) is 4. The van der Waals surface area contributed by atoms with Gasteiger partial charge in [0.2, 0.25) is 5.78 Å². The molecule has 0 unspecified atom stereocenters. The van der Waals surface area contributed by atoms with Gasteiger partial charge in [0.1, 0.15) is 19.6 Å². The van der Waals surface area contributed by atoms with Gasteiger partial charge in [-0.1, -0.05) is 53.5 Å². The first-order valence-corrected chi connectivity index (χ1v) is 13.3. The van der Waals surface area contributed by atoms with Crippen LogP contribution < -0.4 is 4.74 Å². The highest BCUT2D eigenvalue weighted by Crippen LogP contribution is 2.41. The van der Waals surface area contributed by atoms with Crippen molar-refractivity contribution in [1.82, 2.24) is 0 Å². The van der Waals surface area contributed by atoms with Crippen molar-refractivity contribution in [2.24, 2.45) is 0 Å². The molecule has 178 valence electrons. The van der Waals surface area contributed by atoms with Crippen LogP contribution in [0.3, 0.4) is 0 Å². The third kappa shape index (κ3) is 5.63. The lowest BCUT2D eigenvalue weighted by atomic mass is 9.95. The van der Waals surface area contributed by atoms with Gasteiger partial charge in [-0.25, -0.2) is 9.18 Å². The number of ketones is 1. The highest BCUT2D eigenvalue weighted by molar-refractivity contribution is 6.90. The standard InChI is InChI=1S/C26H33FO5Si/c1-16(2)33(17(3)4,18(5)6)11-10-22-23(27)9-8-19-12-21(32-15-31-7)13-20(25(19)22)14-24(28)26(29)30/h8-9,12-13,16-18H,14-15H2,1-7H3,(H,29,30). The van der Waals surface area contributed by atoms with E-state index in [1.165, 1.54) is 13.2 Å². The van der Waals surface area contributed by atoms with Crippen LogP contribution in [0.2, 0.25) is 16.6 Å². The van der Waals surface area contributed by atoms with Gasteiger partial charge in [-0.2, -0.15) is 0 Å². The van der Waals surface area contributed by atoms with E-state index in [4.69, 9.17) is 14.6 Å². The quantitative estimate of drug-likeness (QED) is 0.218. The van der Waals surface area contributed by atoms with E-state index in [0.717, 1.165) is 0 Å². The molecule has 0 heterocycles. The van der Waals surface area contributed by atoms with Crippen molar-refractivity contribution < 1.29 is 28.6 Å². The number of Topliss-reactive ketones (excluding diaryl/α,β-unsaturated/α-hetero) is 1. The number of rotatable bonds is 9. The molecule has 0 aliphatic rings. The minimum atomic E-state index is -2.15. The lowest BCUT2D eigenvalue weighted by Crippen LogP contribution is -2.43. The molecule has 0 radical (unpaired) electrons. The summed E-state index contributed by atoms with van der Waals surface area (Å²) in [5.74, 6) is 0.536. The molecule has 0 aliphatic heterocycles. The second kappa shape index (κ2) is 11.0. The van der Waals surface area contributed by atoms with Gasteiger partial charge in [0.25, 0.3) is 0 Å². The molecule has 0 bridgehead atoms. The number of carboxylic acids is 1. The van der Waals surface area contributed by atoms with Gasteiger partial charge in [-0.15, -0.1) is 5.54 Å². The molecular weight excluding hydrogens is 439 g/mol. The number of benzene rings is 2. The topological polar surface area (TPSA) is 72.8 Å². The van der Waals surface area contributed by atoms with Crippen LogP contribution >= 0.6 is 0 Å². The summed E-state index contributed by atoms with van der Waals surface area (Å²) in [7, 11) is -0.667. The molecule has 0 amide bonds. The molecule has 0 saturated carbocycles. The second-order valence-electron chi connectivity index (χ2n) is 9.21. The van der Waals surface area contributed by atoms with Crippen molar-refractivity contribution in [3.63, 3.8) is 0 Å². The van der Waals surface area contributed by atoms with Crippen LogP contribution in [0.4, 0.5) is 4.39 Å². The van der Waals surface area contributed by atoms with E-state index in [0.29, 0.717) is 38.7 Å². The van der Waals surface area contributed by atoms with E-state index in [1.54, 1.807) is 18.2 Å². The fourth-order valence-corrected chi connectivity index (χ4v) is 10.0. The summed E-state index contributed by atoms with van der Waals surface area (Å²) in [4.78, 5) is 23.3. The van der Waals surface area contributed by atoms with E-state index in [2.05, 4.69) is 53.0 Å².